The molecule has 0 heterocycles. The number of aliphatic hydroxyl groups excluding tert-OH is 2. The summed E-state index contributed by atoms with van der Waals surface area (Å²) in [5, 5.41) is 28.0. The average molecular weight is 314 g/mol. The van der Waals surface area contributed by atoms with Crippen LogP contribution in [0.4, 0.5) is 0 Å². The predicted molar refractivity (Wildman–Crippen MR) is 89.9 cm³/mol. The molecule has 0 aromatic rings. The molecule has 0 aliphatic heterocycles. The fourth-order valence-corrected chi connectivity index (χ4v) is 2.40. The van der Waals surface area contributed by atoms with Crippen molar-refractivity contribution in [1.82, 2.24) is 0 Å². The number of carbonyl (C=O) groups is 1. The number of unbranched alkanes of at least 4 members (excludes halogenated alkanes) is 4. The summed E-state index contributed by atoms with van der Waals surface area (Å²) in [5.41, 5.74) is 0. The van der Waals surface area contributed by atoms with E-state index in [0.29, 0.717) is 25.7 Å². The Balaban J connectivity index is 3.43. The largest absolute Gasteiger partial charge is 0.481 e. The first kappa shape index (κ1) is 21.1. The number of carboxylic acids is 1. The third kappa shape index (κ3) is 15.5. The van der Waals surface area contributed by atoms with Gasteiger partial charge in [0.15, 0.2) is 0 Å². The molecule has 0 aliphatic rings. The van der Waals surface area contributed by atoms with Gasteiger partial charge in [-0.3, -0.25) is 4.79 Å². The van der Waals surface area contributed by atoms with Crippen LogP contribution in [0, 0.1) is 0 Å². The smallest absolute Gasteiger partial charge is 0.303 e. The van der Waals surface area contributed by atoms with Gasteiger partial charge in [0.25, 0.3) is 0 Å². The second-order valence-corrected chi connectivity index (χ2v) is 6.08. The maximum absolute atomic E-state index is 10.4. The van der Waals surface area contributed by atoms with Crippen molar-refractivity contribution in [2.45, 2.75) is 96.2 Å². The van der Waals surface area contributed by atoms with Gasteiger partial charge in [-0.2, -0.15) is 0 Å². The van der Waals surface area contributed by atoms with E-state index in [1.807, 2.05) is 6.08 Å². The van der Waals surface area contributed by atoms with Gasteiger partial charge in [-0.25, -0.2) is 0 Å². The molecule has 4 nitrogen and oxygen atoms in total. The van der Waals surface area contributed by atoms with Gasteiger partial charge in [0.05, 0.1) is 12.2 Å². The number of hydrogen-bond acceptors (Lipinski definition) is 3. The molecule has 0 fully saturated rings. The molecule has 0 aromatic carbocycles. The van der Waals surface area contributed by atoms with Gasteiger partial charge in [-0.05, 0) is 44.9 Å². The fraction of sp³-hybridized carbons (Fsp3) is 0.833. The first-order valence-electron chi connectivity index (χ1n) is 8.79. The highest BCUT2D eigenvalue weighted by Gasteiger charge is 2.05. The molecule has 0 spiro atoms. The minimum atomic E-state index is -0.802. The standard InChI is InChI=1S/C18H34O4/c1-2-3-4-7-11-16(19)12-8-5-6-9-13-17(20)14-10-15-18(21)22/h5,8,16-17,19-20H,2-4,6-7,9-15H2,1H3,(H,21,22)/b8-5-/t16-,17?/m1/s1. The lowest BCUT2D eigenvalue weighted by Crippen LogP contribution is -2.07. The van der Waals surface area contributed by atoms with E-state index in [1.54, 1.807) is 0 Å². The Morgan fingerprint density at radius 3 is 2.27 bits per heavy atom. The molecule has 1 unspecified atom stereocenters. The van der Waals surface area contributed by atoms with Crippen molar-refractivity contribution in [3.05, 3.63) is 12.2 Å². The van der Waals surface area contributed by atoms with E-state index >= 15 is 0 Å². The number of aliphatic carboxylic acids is 1. The van der Waals surface area contributed by atoms with E-state index < -0.39 is 12.1 Å². The number of hydrogen-bond donors (Lipinski definition) is 3. The van der Waals surface area contributed by atoms with Crippen LogP contribution in [0.3, 0.4) is 0 Å². The molecular weight excluding hydrogens is 280 g/mol. The lowest BCUT2D eigenvalue weighted by atomic mass is 10.0. The number of carboxylic acid groups (broad SMARTS) is 1. The highest BCUT2D eigenvalue weighted by Crippen LogP contribution is 2.11. The van der Waals surface area contributed by atoms with Crippen LogP contribution in [0.2, 0.25) is 0 Å². The van der Waals surface area contributed by atoms with Crippen molar-refractivity contribution in [1.29, 1.82) is 0 Å². The summed E-state index contributed by atoms with van der Waals surface area (Å²) < 4.78 is 0. The van der Waals surface area contributed by atoms with E-state index in [9.17, 15) is 15.0 Å². The summed E-state index contributed by atoms with van der Waals surface area (Å²) in [7, 11) is 0. The summed E-state index contributed by atoms with van der Waals surface area (Å²) in [5.74, 6) is -0.802. The molecule has 0 saturated carbocycles. The molecule has 22 heavy (non-hydrogen) atoms. The highest BCUT2D eigenvalue weighted by molar-refractivity contribution is 5.66. The predicted octanol–water partition coefficient (Wildman–Crippen LogP) is 4.05. The number of allylic oxidation sites excluding steroid dienone is 1. The van der Waals surface area contributed by atoms with Gasteiger partial charge in [0.1, 0.15) is 0 Å². The number of aliphatic hydroxyl groups is 2. The normalized spacial score (nSPS) is 14.3. The second-order valence-electron chi connectivity index (χ2n) is 6.08. The molecule has 0 aromatic heterocycles. The Hall–Kier alpha value is -0.870. The summed E-state index contributed by atoms with van der Waals surface area (Å²) >= 11 is 0. The monoisotopic (exact) mass is 314 g/mol. The fourth-order valence-electron chi connectivity index (χ4n) is 2.40. The van der Waals surface area contributed by atoms with Gasteiger partial charge in [-0.15, -0.1) is 0 Å². The molecule has 2 atom stereocenters. The quantitative estimate of drug-likeness (QED) is 0.315. The molecule has 0 radical (unpaired) electrons. The molecule has 0 aliphatic carbocycles. The molecule has 3 N–H and O–H groups in total. The highest BCUT2D eigenvalue weighted by atomic mass is 16.4. The Bertz CT molecular complexity index is 289. The molecule has 0 saturated heterocycles. The first-order chi connectivity index (χ1) is 10.6. The van der Waals surface area contributed by atoms with Crippen molar-refractivity contribution in [2.75, 3.05) is 0 Å². The van der Waals surface area contributed by atoms with Gasteiger partial charge >= 0.3 is 5.97 Å². The van der Waals surface area contributed by atoms with E-state index in [4.69, 9.17) is 5.11 Å². The Labute approximate surface area is 135 Å². The van der Waals surface area contributed by atoms with Crippen LogP contribution >= 0.6 is 0 Å². The summed E-state index contributed by atoms with van der Waals surface area (Å²) in [4.78, 5) is 10.4. The third-order valence-electron chi connectivity index (χ3n) is 3.80. The molecule has 0 bridgehead atoms. The van der Waals surface area contributed by atoms with Gasteiger partial charge in [0.2, 0.25) is 0 Å². The van der Waals surface area contributed by atoms with Crippen molar-refractivity contribution < 1.29 is 20.1 Å². The van der Waals surface area contributed by atoms with Gasteiger partial charge in [-0.1, -0.05) is 44.8 Å². The zero-order chi connectivity index (χ0) is 16.6. The SMILES string of the molecule is CCCCCC[C@@H](O)C/C=C\CCCC(O)CCCC(=O)O. The van der Waals surface area contributed by atoms with Crippen LogP contribution in [0.1, 0.15) is 84.0 Å². The zero-order valence-electron chi connectivity index (χ0n) is 14.0. The average Bonchev–Trinajstić information content (AvgIpc) is 2.47. The van der Waals surface area contributed by atoms with Gasteiger partial charge < -0.3 is 15.3 Å². The third-order valence-corrected chi connectivity index (χ3v) is 3.80. The molecule has 130 valence electrons. The first-order valence-corrected chi connectivity index (χ1v) is 8.79. The van der Waals surface area contributed by atoms with Crippen LogP contribution in [-0.2, 0) is 4.79 Å². The molecular formula is C18H34O4. The maximum Gasteiger partial charge on any atom is 0.303 e. The van der Waals surface area contributed by atoms with Crippen LogP contribution in [0.25, 0.3) is 0 Å². The minimum absolute atomic E-state index is 0.132. The number of rotatable bonds is 15. The van der Waals surface area contributed by atoms with Crippen LogP contribution in [0.15, 0.2) is 12.2 Å². The van der Waals surface area contributed by atoms with E-state index in [1.165, 1.54) is 19.3 Å². The van der Waals surface area contributed by atoms with Crippen LogP contribution in [-0.4, -0.2) is 33.5 Å². The van der Waals surface area contributed by atoms with Crippen molar-refractivity contribution in [2.24, 2.45) is 0 Å². The minimum Gasteiger partial charge on any atom is -0.481 e. The lowest BCUT2D eigenvalue weighted by Gasteiger charge is -2.08. The topological polar surface area (TPSA) is 77.8 Å². The zero-order valence-corrected chi connectivity index (χ0v) is 14.0. The summed E-state index contributed by atoms with van der Waals surface area (Å²) in [6.07, 6.45) is 13.6. The Kier molecular flexibility index (Phi) is 14.4. The maximum atomic E-state index is 10.4. The Morgan fingerprint density at radius 2 is 1.59 bits per heavy atom. The van der Waals surface area contributed by atoms with E-state index in [-0.39, 0.29) is 12.5 Å². The molecule has 4 heteroatoms. The van der Waals surface area contributed by atoms with Gasteiger partial charge in [0, 0.05) is 6.42 Å². The molecule has 0 amide bonds. The van der Waals surface area contributed by atoms with Crippen molar-refractivity contribution in [3.63, 3.8) is 0 Å². The van der Waals surface area contributed by atoms with Crippen molar-refractivity contribution >= 4 is 5.97 Å². The van der Waals surface area contributed by atoms with Crippen LogP contribution < -0.4 is 0 Å². The molecule has 0 rings (SSSR count). The summed E-state index contributed by atoms with van der Waals surface area (Å²) in [6, 6.07) is 0. The van der Waals surface area contributed by atoms with Crippen molar-refractivity contribution in [3.8, 4) is 0 Å². The second kappa shape index (κ2) is 15.0. The van der Waals surface area contributed by atoms with Crippen LogP contribution in [0.5, 0.6) is 0 Å². The van der Waals surface area contributed by atoms with E-state index in [0.717, 1.165) is 25.7 Å². The van der Waals surface area contributed by atoms with E-state index in [2.05, 4.69) is 13.0 Å². The summed E-state index contributed by atoms with van der Waals surface area (Å²) in [6.45, 7) is 2.18. The Morgan fingerprint density at radius 1 is 0.909 bits per heavy atom. The lowest BCUT2D eigenvalue weighted by molar-refractivity contribution is -0.137.